The molecule has 0 fully saturated rings. The highest BCUT2D eigenvalue weighted by atomic mass is 16.5. The summed E-state index contributed by atoms with van der Waals surface area (Å²) in [7, 11) is 0. The predicted octanol–water partition coefficient (Wildman–Crippen LogP) is 2.54. The molecule has 0 unspecified atom stereocenters. The maximum atomic E-state index is 4.92. The Bertz CT molecular complexity index is 493. The molecule has 0 aliphatic carbocycles. The van der Waals surface area contributed by atoms with E-state index < -0.39 is 0 Å². The van der Waals surface area contributed by atoms with Crippen molar-refractivity contribution in [3.05, 3.63) is 47.1 Å². The van der Waals surface area contributed by atoms with Crippen molar-refractivity contribution in [3.8, 4) is 0 Å². The van der Waals surface area contributed by atoms with Crippen molar-refractivity contribution in [3.63, 3.8) is 0 Å². The molecule has 0 bridgehead atoms. The molecule has 0 aliphatic rings. The fourth-order valence-electron chi connectivity index (χ4n) is 1.71. The molecule has 0 saturated carbocycles. The third-order valence-corrected chi connectivity index (χ3v) is 2.68. The van der Waals surface area contributed by atoms with E-state index in [1.165, 1.54) is 11.1 Å². The largest absolute Gasteiger partial charge is 0.340 e. The van der Waals surface area contributed by atoms with Crippen LogP contribution in [0.5, 0.6) is 0 Å². The summed E-state index contributed by atoms with van der Waals surface area (Å²) >= 11 is 0. The lowest BCUT2D eigenvalue weighted by molar-refractivity contribution is 0.384. The van der Waals surface area contributed by atoms with Crippen LogP contribution in [0.25, 0.3) is 0 Å². The zero-order valence-corrected chi connectivity index (χ0v) is 10.4. The number of hydrogen-bond acceptors (Lipinski definition) is 4. The summed E-state index contributed by atoms with van der Waals surface area (Å²) in [6, 6.07) is 8.74. The van der Waals surface area contributed by atoms with Crippen molar-refractivity contribution < 1.29 is 4.52 Å². The SMILES string of the molecule is Cc1cccc([C@@H](C)NCc2noc(C)n2)c1. The molecule has 0 amide bonds. The van der Waals surface area contributed by atoms with E-state index in [0.717, 1.165) is 0 Å². The fraction of sp³-hybridized carbons (Fsp3) is 0.385. The van der Waals surface area contributed by atoms with Gasteiger partial charge in [-0.2, -0.15) is 4.98 Å². The molecule has 0 saturated heterocycles. The van der Waals surface area contributed by atoms with Crippen LogP contribution in [0, 0.1) is 13.8 Å². The van der Waals surface area contributed by atoms with E-state index in [0.29, 0.717) is 18.3 Å². The first-order chi connectivity index (χ1) is 8.15. The lowest BCUT2D eigenvalue weighted by Crippen LogP contribution is -2.18. The van der Waals surface area contributed by atoms with Crippen molar-refractivity contribution in [2.45, 2.75) is 33.4 Å². The van der Waals surface area contributed by atoms with Crippen molar-refractivity contribution in [1.82, 2.24) is 15.5 Å². The van der Waals surface area contributed by atoms with Gasteiger partial charge in [0.25, 0.3) is 0 Å². The number of rotatable bonds is 4. The van der Waals surface area contributed by atoms with E-state index in [1.807, 2.05) is 0 Å². The molecule has 4 nitrogen and oxygen atoms in total. The lowest BCUT2D eigenvalue weighted by Gasteiger charge is -2.13. The molecule has 0 spiro atoms. The Morgan fingerprint density at radius 1 is 1.35 bits per heavy atom. The van der Waals surface area contributed by atoms with Crippen molar-refractivity contribution in [1.29, 1.82) is 0 Å². The van der Waals surface area contributed by atoms with E-state index >= 15 is 0 Å². The van der Waals surface area contributed by atoms with Gasteiger partial charge in [0, 0.05) is 13.0 Å². The molecule has 1 aromatic carbocycles. The van der Waals surface area contributed by atoms with Gasteiger partial charge in [-0.3, -0.25) is 0 Å². The van der Waals surface area contributed by atoms with E-state index in [9.17, 15) is 0 Å². The summed E-state index contributed by atoms with van der Waals surface area (Å²) in [6.07, 6.45) is 0. The van der Waals surface area contributed by atoms with E-state index in [2.05, 4.69) is 53.6 Å². The quantitative estimate of drug-likeness (QED) is 0.878. The Balaban J connectivity index is 1.95. The van der Waals surface area contributed by atoms with Crippen LogP contribution in [0.3, 0.4) is 0 Å². The van der Waals surface area contributed by atoms with Crippen LogP contribution in [0.4, 0.5) is 0 Å². The van der Waals surface area contributed by atoms with Gasteiger partial charge in [0.2, 0.25) is 5.89 Å². The van der Waals surface area contributed by atoms with Crippen LogP contribution < -0.4 is 5.32 Å². The van der Waals surface area contributed by atoms with E-state index in [-0.39, 0.29) is 6.04 Å². The maximum Gasteiger partial charge on any atom is 0.223 e. The van der Waals surface area contributed by atoms with Gasteiger partial charge in [-0.15, -0.1) is 0 Å². The zero-order valence-electron chi connectivity index (χ0n) is 10.4. The van der Waals surface area contributed by atoms with Gasteiger partial charge in [-0.1, -0.05) is 35.0 Å². The van der Waals surface area contributed by atoms with Gasteiger partial charge in [-0.25, -0.2) is 0 Å². The molecule has 90 valence electrons. The number of nitrogens with zero attached hydrogens (tertiary/aromatic N) is 2. The summed E-state index contributed by atoms with van der Waals surface area (Å²) in [4.78, 5) is 4.15. The van der Waals surface area contributed by atoms with Gasteiger partial charge < -0.3 is 9.84 Å². The molecule has 0 radical (unpaired) electrons. The fourth-order valence-corrected chi connectivity index (χ4v) is 1.71. The molecule has 2 aromatic rings. The number of nitrogens with one attached hydrogen (secondary N) is 1. The molecule has 0 aliphatic heterocycles. The molecular weight excluding hydrogens is 214 g/mol. The van der Waals surface area contributed by atoms with Crippen molar-refractivity contribution in [2.24, 2.45) is 0 Å². The van der Waals surface area contributed by atoms with Gasteiger partial charge in [-0.05, 0) is 19.4 Å². The Hall–Kier alpha value is -1.68. The number of aryl methyl sites for hydroxylation is 2. The standard InChI is InChI=1S/C13H17N3O/c1-9-5-4-6-12(7-9)10(2)14-8-13-15-11(3)17-16-13/h4-7,10,14H,8H2,1-3H3/t10-/m1/s1. The third-order valence-electron chi connectivity index (χ3n) is 2.68. The minimum absolute atomic E-state index is 0.272. The minimum atomic E-state index is 0.272. The average molecular weight is 231 g/mol. The second kappa shape index (κ2) is 5.10. The average Bonchev–Trinajstić information content (AvgIpc) is 2.72. The second-order valence-corrected chi connectivity index (χ2v) is 4.25. The first-order valence-corrected chi connectivity index (χ1v) is 5.74. The Morgan fingerprint density at radius 2 is 2.18 bits per heavy atom. The van der Waals surface area contributed by atoms with Gasteiger partial charge in [0.15, 0.2) is 5.82 Å². The normalized spacial score (nSPS) is 12.6. The monoisotopic (exact) mass is 231 g/mol. The van der Waals surface area contributed by atoms with Crippen LogP contribution in [-0.2, 0) is 6.54 Å². The number of hydrogen-bond donors (Lipinski definition) is 1. The Morgan fingerprint density at radius 3 is 2.82 bits per heavy atom. The second-order valence-electron chi connectivity index (χ2n) is 4.25. The molecular formula is C13H17N3O. The van der Waals surface area contributed by atoms with Gasteiger partial charge in [0.05, 0.1) is 6.54 Å². The summed E-state index contributed by atoms with van der Waals surface area (Å²) in [5.74, 6) is 1.30. The molecule has 2 rings (SSSR count). The predicted molar refractivity (Wildman–Crippen MR) is 65.5 cm³/mol. The highest BCUT2D eigenvalue weighted by Crippen LogP contribution is 2.14. The summed E-state index contributed by atoms with van der Waals surface area (Å²) in [6.45, 7) is 6.63. The maximum absolute atomic E-state index is 4.92. The number of aromatic nitrogens is 2. The van der Waals surface area contributed by atoms with Crippen molar-refractivity contribution in [2.75, 3.05) is 0 Å². The lowest BCUT2D eigenvalue weighted by atomic mass is 10.1. The van der Waals surface area contributed by atoms with Gasteiger partial charge in [0.1, 0.15) is 0 Å². The Kier molecular flexibility index (Phi) is 3.54. The Labute approximate surface area is 101 Å². The third kappa shape index (κ3) is 3.14. The number of benzene rings is 1. The van der Waals surface area contributed by atoms with Gasteiger partial charge >= 0.3 is 0 Å². The summed E-state index contributed by atoms with van der Waals surface area (Å²) in [5, 5.41) is 7.22. The summed E-state index contributed by atoms with van der Waals surface area (Å²) in [5.41, 5.74) is 2.54. The van der Waals surface area contributed by atoms with Crippen LogP contribution >= 0.6 is 0 Å². The van der Waals surface area contributed by atoms with Crippen LogP contribution in [-0.4, -0.2) is 10.1 Å². The highest BCUT2D eigenvalue weighted by Gasteiger charge is 2.07. The highest BCUT2D eigenvalue weighted by molar-refractivity contribution is 5.24. The summed E-state index contributed by atoms with van der Waals surface area (Å²) < 4.78 is 4.92. The molecule has 4 heteroatoms. The topological polar surface area (TPSA) is 51.0 Å². The van der Waals surface area contributed by atoms with Crippen LogP contribution in [0.2, 0.25) is 0 Å². The molecule has 1 heterocycles. The zero-order chi connectivity index (χ0) is 12.3. The smallest absolute Gasteiger partial charge is 0.223 e. The molecule has 1 aromatic heterocycles. The van der Waals surface area contributed by atoms with E-state index in [4.69, 9.17) is 4.52 Å². The van der Waals surface area contributed by atoms with Crippen LogP contribution in [0.1, 0.15) is 35.8 Å². The first-order valence-electron chi connectivity index (χ1n) is 5.74. The molecule has 17 heavy (non-hydrogen) atoms. The molecule has 1 atom stereocenters. The minimum Gasteiger partial charge on any atom is -0.340 e. The van der Waals surface area contributed by atoms with Crippen LogP contribution in [0.15, 0.2) is 28.8 Å². The molecule has 1 N–H and O–H groups in total. The van der Waals surface area contributed by atoms with E-state index in [1.54, 1.807) is 6.92 Å². The van der Waals surface area contributed by atoms with Crippen molar-refractivity contribution >= 4 is 0 Å². The first kappa shape index (κ1) is 11.8.